The summed E-state index contributed by atoms with van der Waals surface area (Å²) in [6, 6.07) is 5.49. The number of β-amino-alcohol motifs (C(OH)–C–C–N with tert-alkyl or cyclic N) is 1. The largest absolute Gasteiger partial charge is 0.480 e. The number of aliphatic hydroxyl groups is 1. The average molecular weight is 279 g/mol. The normalized spacial score (nSPS) is 20.8. The van der Waals surface area contributed by atoms with Gasteiger partial charge in [-0.25, -0.2) is 4.39 Å². The van der Waals surface area contributed by atoms with Gasteiger partial charge in [-0.05, 0) is 30.5 Å². The summed E-state index contributed by atoms with van der Waals surface area (Å²) in [6.45, 7) is 0.773. The second kappa shape index (κ2) is 6.63. The lowest BCUT2D eigenvalue weighted by molar-refractivity contribution is -0.143. The van der Waals surface area contributed by atoms with Crippen LogP contribution in [0.4, 0.5) is 4.39 Å². The minimum atomic E-state index is -0.882. The van der Waals surface area contributed by atoms with Gasteiger partial charge in [0.25, 0.3) is 0 Å². The van der Waals surface area contributed by atoms with Crippen molar-refractivity contribution in [1.82, 2.24) is 4.90 Å². The number of halogens is 1. The zero-order chi connectivity index (χ0) is 14.5. The third kappa shape index (κ3) is 3.88. The summed E-state index contributed by atoms with van der Waals surface area (Å²) in [6.07, 6.45) is 3.78. The van der Waals surface area contributed by atoms with Crippen LogP contribution in [0, 0.1) is 5.82 Å². The van der Waals surface area contributed by atoms with Gasteiger partial charge >= 0.3 is 5.97 Å². The molecule has 0 fully saturated rings. The zero-order valence-corrected chi connectivity index (χ0v) is 11.1. The van der Waals surface area contributed by atoms with Gasteiger partial charge in [-0.3, -0.25) is 9.69 Å². The number of hydrogen-bond donors (Lipinski definition) is 2. The smallest absolute Gasteiger partial charge is 0.321 e. The van der Waals surface area contributed by atoms with Crippen LogP contribution in [0.1, 0.15) is 12.0 Å². The van der Waals surface area contributed by atoms with Crippen molar-refractivity contribution in [3.05, 3.63) is 47.8 Å². The maximum absolute atomic E-state index is 13.1. The van der Waals surface area contributed by atoms with E-state index >= 15 is 0 Å². The van der Waals surface area contributed by atoms with Crippen molar-refractivity contribution in [2.75, 3.05) is 13.1 Å². The molecule has 2 rings (SSSR count). The Balaban J connectivity index is 1.95. The van der Waals surface area contributed by atoms with Gasteiger partial charge in [0.2, 0.25) is 0 Å². The topological polar surface area (TPSA) is 60.8 Å². The molecule has 2 atom stereocenters. The SMILES string of the molecule is O=C(O)C1CC=CCN1CC(O)Cc1cccc(F)c1. The molecule has 0 spiro atoms. The summed E-state index contributed by atoms with van der Waals surface area (Å²) < 4.78 is 13.1. The van der Waals surface area contributed by atoms with Gasteiger partial charge in [-0.2, -0.15) is 0 Å². The number of carboxylic acids is 1. The summed E-state index contributed by atoms with van der Waals surface area (Å²) in [4.78, 5) is 12.9. The van der Waals surface area contributed by atoms with Gasteiger partial charge in [0, 0.05) is 13.1 Å². The first-order chi connectivity index (χ1) is 9.56. The highest BCUT2D eigenvalue weighted by atomic mass is 19.1. The van der Waals surface area contributed by atoms with Crippen LogP contribution in [0.5, 0.6) is 0 Å². The number of benzene rings is 1. The van der Waals surface area contributed by atoms with Crippen molar-refractivity contribution in [3.8, 4) is 0 Å². The molecule has 1 aromatic rings. The second-order valence-electron chi connectivity index (χ2n) is 5.00. The van der Waals surface area contributed by atoms with E-state index in [1.807, 2.05) is 12.2 Å². The molecule has 5 heteroatoms. The van der Waals surface area contributed by atoms with Gasteiger partial charge in [0.15, 0.2) is 0 Å². The molecule has 108 valence electrons. The van der Waals surface area contributed by atoms with Gasteiger partial charge in [-0.1, -0.05) is 24.3 Å². The lowest BCUT2D eigenvalue weighted by Gasteiger charge is -2.31. The van der Waals surface area contributed by atoms with Crippen LogP contribution in [-0.4, -0.2) is 46.3 Å². The van der Waals surface area contributed by atoms with E-state index in [4.69, 9.17) is 5.11 Å². The molecule has 0 bridgehead atoms. The predicted octanol–water partition coefficient (Wildman–Crippen LogP) is 1.44. The number of aliphatic carboxylic acids is 1. The van der Waals surface area contributed by atoms with E-state index in [0.29, 0.717) is 24.9 Å². The van der Waals surface area contributed by atoms with E-state index in [1.54, 1.807) is 17.0 Å². The Morgan fingerprint density at radius 1 is 1.45 bits per heavy atom. The van der Waals surface area contributed by atoms with Crippen LogP contribution in [-0.2, 0) is 11.2 Å². The first-order valence-corrected chi connectivity index (χ1v) is 6.60. The lowest BCUT2D eigenvalue weighted by Crippen LogP contribution is -2.46. The first-order valence-electron chi connectivity index (χ1n) is 6.60. The molecule has 0 radical (unpaired) electrons. The third-order valence-electron chi connectivity index (χ3n) is 3.40. The van der Waals surface area contributed by atoms with Crippen LogP contribution in [0.3, 0.4) is 0 Å². The maximum Gasteiger partial charge on any atom is 0.321 e. The molecular formula is C15H18FNO3. The first kappa shape index (κ1) is 14.7. The predicted molar refractivity (Wildman–Crippen MR) is 72.9 cm³/mol. The number of rotatable bonds is 5. The molecule has 20 heavy (non-hydrogen) atoms. The van der Waals surface area contributed by atoms with Gasteiger partial charge in [-0.15, -0.1) is 0 Å². The van der Waals surface area contributed by atoms with E-state index in [1.165, 1.54) is 12.1 Å². The highest BCUT2D eigenvalue weighted by Crippen LogP contribution is 2.14. The lowest BCUT2D eigenvalue weighted by atomic mass is 10.0. The quantitative estimate of drug-likeness (QED) is 0.801. The Bertz CT molecular complexity index is 504. The molecule has 0 amide bonds. The molecule has 0 aromatic heterocycles. The Hall–Kier alpha value is -1.72. The number of hydrogen-bond acceptors (Lipinski definition) is 3. The van der Waals surface area contributed by atoms with Crippen LogP contribution in [0.25, 0.3) is 0 Å². The third-order valence-corrected chi connectivity index (χ3v) is 3.40. The van der Waals surface area contributed by atoms with Crippen molar-refractivity contribution in [3.63, 3.8) is 0 Å². The Morgan fingerprint density at radius 2 is 2.25 bits per heavy atom. The van der Waals surface area contributed by atoms with Crippen LogP contribution in [0.15, 0.2) is 36.4 Å². The van der Waals surface area contributed by atoms with Crippen molar-refractivity contribution < 1.29 is 19.4 Å². The fourth-order valence-corrected chi connectivity index (χ4v) is 2.44. The Labute approximate surface area is 117 Å². The van der Waals surface area contributed by atoms with E-state index in [0.717, 1.165) is 0 Å². The Morgan fingerprint density at radius 3 is 2.95 bits per heavy atom. The summed E-state index contributed by atoms with van der Waals surface area (Å²) >= 11 is 0. The fourth-order valence-electron chi connectivity index (χ4n) is 2.44. The number of carboxylic acid groups (broad SMARTS) is 1. The van der Waals surface area contributed by atoms with Crippen LogP contribution >= 0.6 is 0 Å². The van der Waals surface area contributed by atoms with Gasteiger partial charge in [0.1, 0.15) is 11.9 Å². The fraction of sp³-hybridized carbons (Fsp3) is 0.400. The highest BCUT2D eigenvalue weighted by molar-refractivity contribution is 5.74. The van der Waals surface area contributed by atoms with Crippen LogP contribution < -0.4 is 0 Å². The molecule has 0 saturated carbocycles. The van der Waals surface area contributed by atoms with E-state index in [-0.39, 0.29) is 12.4 Å². The molecule has 0 aliphatic carbocycles. The molecule has 2 unspecified atom stereocenters. The van der Waals surface area contributed by atoms with Crippen molar-refractivity contribution in [1.29, 1.82) is 0 Å². The van der Waals surface area contributed by atoms with Gasteiger partial charge in [0.05, 0.1) is 6.10 Å². The number of aliphatic hydroxyl groups excluding tert-OH is 1. The summed E-state index contributed by atoms with van der Waals surface area (Å²) in [7, 11) is 0. The summed E-state index contributed by atoms with van der Waals surface area (Å²) in [5.74, 6) is -1.22. The molecular weight excluding hydrogens is 261 g/mol. The maximum atomic E-state index is 13.1. The van der Waals surface area contributed by atoms with E-state index < -0.39 is 18.1 Å². The van der Waals surface area contributed by atoms with Crippen molar-refractivity contribution in [2.24, 2.45) is 0 Å². The molecule has 1 heterocycles. The van der Waals surface area contributed by atoms with Crippen molar-refractivity contribution in [2.45, 2.75) is 25.0 Å². The number of nitrogens with zero attached hydrogens (tertiary/aromatic N) is 1. The van der Waals surface area contributed by atoms with Crippen molar-refractivity contribution >= 4 is 5.97 Å². The Kier molecular flexibility index (Phi) is 4.87. The molecule has 4 nitrogen and oxygen atoms in total. The molecule has 1 aromatic carbocycles. The molecule has 0 saturated heterocycles. The molecule has 1 aliphatic heterocycles. The molecule has 2 N–H and O–H groups in total. The molecule has 1 aliphatic rings. The monoisotopic (exact) mass is 279 g/mol. The zero-order valence-electron chi connectivity index (χ0n) is 11.1. The minimum absolute atomic E-state index is 0.262. The van der Waals surface area contributed by atoms with Gasteiger partial charge < -0.3 is 10.2 Å². The standard InChI is InChI=1S/C15H18FNO3/c16-12-5-3-4-11(8-12)9-13(18)10-17-7-2-1-6-14(17)15(19)20/h1-5,8,13-14,18H,6-7,9-10H2,(H,19,20). The highest BCUT2D eigenvalue weighted by Gasteiger charge is 2.27. The van der Waals surface area contributed by atoms with E-state index in [9.17, 15) is 14.3 Å². The summed E-state index contributed by atoms with van der Waals surface area (Å²) in [5.41, 5.74) is 0.705. The van der Waals surface area contributed by atoms with E-state index in [2.05, 4.69) is 0 Å². The average Bonchev–Trinajstić information content (AvgIpc) is 2.38. The number of carbonyl (C=O) groups is 1. The minimum Gasteiger partial charge on any atom is -0.480 e. The van der Waals surface area contributed by atoms with Crippen LogP contribution in [0.2, 0.25) is 0 Å². The second-order valence-corrected chi connectivity index (χ2v) is 5.00. The summed E-state index contributed by atoms with van der Waals surface area (Å²) in [5, 5.41) is 19.2.